The molecule has 0 unspecified atom stereocenters. The molecule has 0 saturated heterocycles. The second-order valence-corrected chi connectivity index (χ2v) is 5.31. The minimum Gasteiger partial charge on any atom is -0.493 e. The smallest absolute Gasteiger partial charge is 0.252 e. The number of carbonyl (C=O) groups is 1. The summed E-state index contributed by atoms with van der Waals surface area (Å²) in [6, 6.07) is 13.1. The van der Waals surface area contributed by atoms with E-state index in [0.29, 0.717) is 36.0 Å². The largest absolute Gasteiger partial charge is 0.493 e. The Hall–Kier alpha value is -2.69. The van der Waals surface area contributed by atoms with Crippen molar-refractivity contribution in [2.24, 2.45) is 0 Å². The summed E-state index contributed by atoms with van der Waals surface area (Å²) >= 11 is 0. The Kier molecular flexibility index (Phi) is 4.37. The lowest BCUT2D eigenvalue weighted by molar-refractivity contribution is 0.0938. The van der Waals surface area contributed by atoms with Gasteiger partial charge in [-0.05, 0) is 24.6 Å². The van der Waals surface area contributed by atoms with E-state index in [-0.39, 0.29) is 11.9 Å². The van der Waals surface area contributed by atoms with Gasteiger partial charge in [-0.25, -0.2) is 0 Å². The van der Waals surface area contributed by atoms with Gasteiger partial charge in [0.2, 0.25) is 5.75 Å². The van der Waals surface area contributed by atoms with Crippen LogP contribution in [0.25, 0.3) is 0 Å². The van der Waals surface area contributed by atoms with Gasteiger partial charge in [0.1, 0.15) is 13.2 Å². The zero-order valence-electron chi connectivity index (χ0n) is 13.2. The van der Waals surface area contributed by atoms with Crippen molar-refractivity contribution in [1.82, 2.24) is 5.32 Å². The van der Waals surface area contributed by atoms with E-state index in [1.807, 2.05) is 37.3 Å². The zero-order valence-corrected chi connectivity index (χ0v) is 13.2. The number of ether oxygens (including phenoxy) is 3. The monoisotopic (exact) mass is 313 g/mol. The number of hydrogen-bond acceptors (Lipinski definition) is 4. The third-order valence-corrected chi connectivity index (χ3v) is 3.74. The first-order valence-corrected chi connectivity index (χ1v) is 7.52. The van der Waals surface area contributed by atoms with Gasteiger partial charge in [-0.3, -0.25) is 4.79 Å². The molecular weight excluding hydrogens is 294 g/mol. The number of amides is 1. The van der Waals surface area contributed by atoms with E-state index in [1.54, 1.807) is 19.2 Å². The summed E-state index contributed by atoms with van der Waals surface area (Å²) in [5, 5.41) is 2.98. The maximum absolute atomic E-state index is 12.5. The lowest BCUT2D eigenvalue weighted by Crippen LogP contribution is -2.27. The Balaban J connectivity index is 1.82. The molecule has 1 N–H and O–H groups in total. The van der Waals surface area contributed by atoms with E-state index >= 15 is 0 Å². The molecule has 5 nitrogen and oxygen atoms in total. The van der Waals surface area contributed by atoms with Gasteiger partial charge in [0.25, 0.3) is 5.91 Å². The van der Waals surface area contributed by atoms with E-state index in [1.165, 1.54) is 0 Å². The molecule has 1 aliphatic rings. The number of hydrogen-bond donors (Lipinski definition) is 1. The predicted octanol–water partition coefficient (Wildman–Crippen LogP) is 2.96. The summed E-state index contributed by atoms with van der Waals surface area (Å²) in [5.74, 6) is 1.40. The molecule has 0 spiro atoms. The Morgan fingerprint density at radius 1 is 1.17 bits per heavy atom. The summed E-state index contributed by atoms with van der Waals surface area (Å²) in [4.78, 5) is 12.5. The first-order chi connectivity index (χ1) is 11.2. The molecule has 1 atom stereocenters. The van der Waals surface area contributed by atoms with Crippen LogP contribution < -0.4 is 19.5 Å². The van der Waals surface area contributed by atoms with Crippen LogP contribution in [0, 0.1) is 0 Å². The highest BCUT2D eigenvalue weighted by Crippen LogP contribution is 2.40. The van der Waals surface area contributed by atoms with Crippen LogP contribution in [-0.2, 0) is 0 Å². The fourth-order valence-corrected chi connectivity index (χ4v) is 2.51. The number of benzene rings is 2. The third kappa shape index (κ3) is 3.23. The van der Waals surface area contributed by atoms with E-state index in [2.05, 4.69) is 5.32 Å². The Morgan fingerprint density at radius 3 is 2.65 bits per heavy atom. The minimum atomic E-state index is -0.184. The van der Waals surface area contributed by atoms with Gasteiger partial charge >= 0.3 is 0 Å². The van der Waals surface area contributed by atoms with Gasteiger partial charge in [-0.15, -0.1) is 0 Å². The standard InChI is InChI=1S/C18H19NO4/c1-12(13-6-4-3-5-7-13)19-18(20)14-10-15(21-2)17-16(11-14)22-8-9-23-17/h3-7,10-12H,8-9H2,1-2H3,(H,19,20)/t12-/m0/s1. The maximum Gasteiger partial charge on any atom is 0.252 e. The second kappa shape index (κ2) is 6.60. The molecule has 0 radical (unpaired) electrons. The number of nitrogens with one attached hydrogen (secondary N) is 1. The van der Waals surface area contributed by atoms with Crippen molar-refractivity contribution in [1.29, 1.82) is 0 Å². The molecule has 23 heavy (non-hydrogen) atoms. The highest BCUT2D eigenvalue weighted by Gasteiger charge is 2.21. The summed E-state index contributed by atoms with van der Waals surface area (Å²) in [7, 11) is 1.54. The Labute approximate surface area is 135 Å². The molecule has 1 amide bonds. The third-order valence-electron chi connectivity index (χ3n) is 3.74. The van der Waals surface area contributed by atoms with E-state index in [0.717, 1.165) is 5.56 Å². The zero-order chi connectivity index (χ0) is 16.2. The number of carbonyl (C=O) groups excluding carboxylic acids is 1. The summed E-state index contributed by atoms with van der Waals surface area (Å²) in [6.45, 7) is 2.88. The molecule has 0 aromatic heterocycles. The van der Waals surface area contributed by atoms with Gasteiger partial charge in [0, 0.05) is 5.56 Å². The molecule has 1 aliphatic heterocycles. The molecule has 0 aliphatic carbocycles. The number of fused-ring (bicyclic) bond motifs is 1. The number of rotatable bonds is 4. The average Bonchev–Trinajstić information content (AvgIpc) is 2.61. The Morgan fingerprint density at radius 2 is 1.91 bits per heavy atom. The van der Waals surface area contributed by atoms with Crippen molar-refractivity contribution >= 4 is 5.91 Å². The van der Waals surface area contributed by atoms with Crippen LogP contribution in [0.2, 0.25) is 0 Å². The van der Waals surface area contributed by atoms with Crippen LogP contribution in [0.4, 0.5) is 0 Å². The summed E-state index contributed by atoms with van der Waals surface area (Å²) in [5.41, 5.74) is 1.53. The molecule has 3 rings (SSSR count). The van der Waals surface area contributed by atoms with Crippen molar-refractivity contribution in [2.45, 2.75) is 13.0 Å². The van der Waals surface area contributed by atoms with Crippen LogP contribution in [0.15, 0.2) is 42.5 Å². The van der Waals surface area contributed by atoms with Crippen molar-refractivity contribution in [3.8, 4) is 17.2 Å². The second-order valence-electron chi connectivity index (χ2n) is 5.31. The van der Waals surface area contributed by atoms with E-state index in [9.17, 15) is 4.79 Å². The lowest BCUT2D eigenvalue weighted by atomic mass is 10.1. The fourth-order valence-electron chi connectivity index (χ4n) is 2.51. The fraction of sp³-hybridized carbons (Fsp3) is 0.278. The van der Waals surface area contributed by atoms with Crippen LogP contribution in [0.1, 0.15) is 28.9 Å². The SMILES string of the molecule is COc1cc(C(=O)N[C@@H](C)c2ccccc2)cc2c1OCCO2. The maximum atomic E-state index is 12.5. The van der Waals surface area contributed by atoms with E-state index in [4.69, 9.17) is 14.2 Å². The topological polar surface area (TPSA) is 56.8 Å². The Bertz CT molecular complexity index is 682. The lowest BCUT2D eigenvalue weighted by Gasteiger charge is -2.22. The summed E-state index contributed by atoms with van der Waals surface area (Å²) < 4.78 is 16.4. The van der Waals surface area contributed by atoms with Crippen LogP contribution in [0.5, 0.6) is 17.2 Å². The molecule has 0 saturated carbocycles. The van der Waals surface area contributed by atoms with Gasteiger partial charge in [-0.1, -0.05) is 30.3 Å². The van der Waals surface area contributed by atoms with Crippen LogP contribution >= 0.6 is 0 Å². The van der Waals surface area contributed by atoms with Gasteiger partial charge in [0.05, 0.1) is 13.2 Å². The molecule has 0 bridgehead atoms. The highest BCUT2D eigenvalue weighted by atomic mass is 16.6. The van der Waals surface area contributed by atoms with Crippen molar-refractivity contribution in [2.75, 3.05) is 20.3 Å². The molecule has 1 heterocycles. The average molecular weight is 313 g/mol. The van der Waals surface area contributed by atoms with E-state index < -0.39 is 0 Å². The molecule has 0 fully saturated rings. The van der Waals surface area contributed by atoms with Crippen molar-refractivity contribution < 1.29 is 19.0 Å². The van der Waals surface area contributed by atoms with Gasteiger partial charge < -0.3 is 19.5 Å². The first kappa shape index (κ1) is 15.2. The molecule has 120 valence electrons. The molecule has 2 aromatic rings. The predicted molar refractivity (Wildman–Crippen MR) is 86.3 cm³/mol. The quantitative estimate of drug-likeness (QED) is 0.943. The van der Waals surface area contributed by atoms with Gasteiger partial charge in [0.15, 0.2) is 11.5 Å². The molecule has 2 aromatic carbocycles. The van der Waals surface area contributed by atoms with Crippen molar-refractivity contribution in [3.05, 3.63) is 53.6 Å². The minimum absolute atomic E-state index is 0.0945. The normalized spacial score (nSPS) is 14.0. The number of methoxy groups -OCH3 is 1. The molecular formula is C18H19NO4. The van der Waals surface area contributed by atoms with Gasteiger partial charge in [-0.2, -0.15) is 0 Å². The van der Waals surface area contributed by atoms with Crippen LogP contribution in [-0.4, -0.2) is 26.2 Å². The van der Waals surface area contributed by atoms with Crippen molar-refractivity contribution in [3.63, 3.8) is 0 Å². The highest BCUT2D eigenvalue weighted by molar-refractivity contribution is 5.95. The first-order valence-electron chi connectivity index (χ1n) is 7.52. The molecule has 5 heteroatoms. The summed E-state index contributed by atoms with van der Waals surface area (Å²) in [6.07, 6.45) is 0. The van der Waals surface area contributed by atoms with Crippen LogP contribution in [0.3, 0.4) is 0 Å².